The first-order valence-electron chi connectivity index (χ1n) is 5.93. The number of aromatic nitrogens is 1. The first kappa shape index (κ1) is 11.1. The highest BCUT2D eigenvalue weighted by Gasteiger charge is 2.24. The molecule has 1 aliphatic rings. The molecule has 3 heteroatoms. The Hall–Kier alpha value is -1.38. The number of carbonyl (C=O) groups is 1. The second-order valence-corrected chi connectivity index (χ2v) is 4.19. The van der Waals surface area contributed by atoms with E-state index >= 15 is 0 Å². The highest BCUT2D eigenvalue weighted by Crippen LogP contribution is 2.28. The van der Waals surface area contributed by atoms with Crippen LogP contribution in [0.4, 0.5) is 0 Å². The van der Waals surface area contributed by atoms with Crippen LogP contribution < -0.4 is 4.74 Å². The van der Waals surface area contributed by atoms with Crippen LogP contribution in [0.15, 0.2) is 18.5 Å². The molecule has 1 heterocycles. The Bertz CT molecular complexity index is 370. The minimum atomic E-state index is 0.207. The summed E-state index contributed by atoms with van der Waals surface area (Å²) in [6.07, 6.45) is 7.69. The van der Waals surface area contributed by atoms with E-state index in [1.54, 1.807) is 18.5 Å². The van der Waals surface area contributed by atoms with Crippen molar-refractivity contribution in [1.29, 1.82) is 0 Å². The van der Waals surface area contributed by atoms with Gasteiger partial charge < -0.3 is 4.74 Å². The second-order valence-electron chi connectivity index (χ2n) is 4.19. The summed E-state index contributed by atoms with van der Waals surface area (Å²) in [4.78, 5) is 16.2. The number of ketones is 1. The summed E-state index contributed by atoms with van der Waals surface area (Å²) < 4.78 is 5.34. The Kier molecular flexibility index (Phi) is 3.54. The summed E-state index contributed by atoms with van der Waals surface area (Å²) in [6.45, 7) is 2.52. The Morgan fingerprint density at radius 3 is 2.88 bits per heavy atom. The normalized spacial score (nSPS) is 16.3. The summed E-state index contributed by atoms with van der Waals surface area (Å²) in [7, 11) is 0. The number of rotatable bonds is 4. The molecule has 0 unspecified atom stereocenters. The van der Waals surface area contributed by atoms with E-state index in [4.69, 9.17) is 4.74 Å². The molecule has 86 valence electrons. The summed E-state index contributed by atoms with van der Waals surface area (Å²) in [5.74, 6) is 1.12. The van der Waals surface area contributed by atoms with Crippen LogP contribution >= 0.6 is 0 Å². The highest BCUT2D eigenvalue weighted by atomic mass is 16.5. The molecule has 0 aromatic carbocycles. The minimum Gasteiger partial charge on any atom is -0.492 e. The Morgan fingerprint density at radius 2 is 2.19 bits per heavy atom. The first-order valence-corrected chi connectivity index (χ1v) is 5.93. The Balaban J connectivity index is 2.12. The van der Waals surface area contributed by atoms with E-state index in [2.05, 4.69) is 4.98 Å². The third-order valence-corrected chi connectivity index (χ3v) is 3.03. The summed E-state index contributed by atoms with van der Waals surface area (Å²) in [5.41, 5.74) is 0.692. The van der Waals surface area contributed by atoms with E-state index in [0.29, 0.717) is 17.9 Å². The van der Waals surface area contributed by atoms with Crippen LogP contribution in [0.1, 0.15) is 43.0 Å². The van der Waals surface area contributed by atoms with E-state index in [1.807, 2.05) is 6.92 Å². The molecule has 1 saturated carbocycles. The van der Waals surface area contributed by atoms with E-state index in [-0.39, 0.29) is 11.7 Å². The number of hydrogen-bond donors (Lipinski definition) is 0. The molecule has 1 aliphatic carbocycles. The lowest BCUT2D eigenvalue weighted by atomic mass is 9.97. The smallest absolute Gasteiger partial charge is 0.167 e. The predicted molar refractivity (Wildman–Crippen MR) is 61.7 cm³/mol. The molecular weight excluding hydrogens is 202 g/mol. The fourth-order valence-corrected chi connectivity index (χ4v) is 2.22. The zero-order valence-electron chi connectivity index (χ0n) is 9.61. The van der Waals surface area contributed by atoms with E-state index in [1.165, 1.54) is 12.8 Å². The van der Waals surface area contributed by atoms with E-state index < -0.39 is 0 Å². The maximum absolute atomic E-state index is 12.1. The maximum Gasteiger partial charge on any atom is 0.167 e. The fourth-order valence-electron chi connectivity index (χ4n) is 2.22. The Labute approximate surface area is 95.8 Å². The molecule has 0 saturated heterocycles. The molecule has 1 aromatic heterocycles. The van der Waals surface area contributed by atoms with Crippen molar-refractivity contribution >= 4 is 5.78 Å². The van der Waals surface area contributed by atoms with Crippen molar-refractivity contribution in [2.24, 2.45) is 5.92 Å². The predicted octanol–water partition coefficient (Wildman–Crippen LogP) is 2.85. The van der Waals surface area contributed by atoms with Crippen LogP contribution in [0.5, 0.6) is 5.75 Å². The lowest BCUT2D eigenvalue weighted by Crippen LogP contribution is -2.11. The largest absolute Gasteiger partial charge is 0.492 e. The molecule has 0 spiro atoms. The van der Waals surface area contributed by atoms with Crippen molar-refractivity contribution in [3.8, 4) is 5.75 Å². The topological polar surface area (TPSA) is 39.2 Å². The van der Waals surface area contributed by atoms with Gasteiger partial charge in [-0.2, -0.15) is 0 Å². The van der Waals surface area contributed by atoms with Crippen LogP contribution in [-0.4, -0.2) is 17.4 Å². The quantitative estimate of drug-likeness (QED) is 0.731. The third-order valence-electron chi connectivity index (χ3n) is 3.03. The molecule has 0 amide bonds. The first-order chi connectivity index (χ1) is 7.81. The molecule has 1 fully saturated rings. The number of nitrogens with zero attached hydrogens (tertiary/aromatic N) is 1. The number of hydrogen-bond acceptors (Lipinski definition) is 3. The number of pyridine rings is 1. The summed E-state index contributed by atoms with van der Waals surface area (Å²) in [6, 6.07) is 1.80. The van der Waals surface area contributed by atoms with Gasteiger partial charge in [-0.05, 0) is 25.8 Å². The van der Waals surface area contributed by atoms with Gasteiger partial charge in [0.25, 0.3) is 0 Å². The van der Waals surface area contributed by atoms with Crippen molar-refractivity contribution < 1.29 is 9.53 Å². The number of carbonyl (C=O) groups excluding carboxylic acids is 1. The molecule has 0 aliphatic heterocycles. The van der Waals surface area contributed by atoms with Crippen LogP contribution in [0.2, 0.25) is 0 Å². The van der Waals surface area contributed by atoms with Crippen molar-refractivity contribution in [3.05, 3.63) is 24.0 Å². The van der Waals surface area contributed by atoms with Gasteiger partial charge in [0, 0.05) is 17.7 Å². The average molecular weight is 219 g/mol. The van der Waals surface area contributed by atoms with Crippen LogP contribution in [-0.2, 0) is 0 Å². The maximum atomic E-state index is 12.1. The molecular formula is C13H17NO2. The van der Waals surface area contributed by atoms with Gasteiger partial charge in [-0.3, -0.25) is 9.78 Å². The van der Waals surface area contributed by atoms with Crippen LogP contribution in [0.3, 0.4) is 0 Å². The van der Waals surface area contributed by atoms with Crippen LogP contribution in [0.25, 0.3) is 0 Å². The van der Waals surface area contributed by atoms with Gasteiger partial charge in [0.15, 0.2) is 5.78 Å². The third kappa shape index (κ3) is 2.40. The molecule has 0 atom stereocenters. The SMILES string of the molecule is CCOc1cncc(C(=O)C2CCCC2)c1. The molecule has 3 nitrogen and oxygen atoms in total. The Morgan fingerprint density at radius 1 is 1.44 bits per heavy atom. The number of ether oxygens (including phenoxy) is 1. The molecule has 1 aromatic rings. The average Bonchev–Trinajstić information content (AvgIpc) is 2.82. The summed E-state index contributed by atoms with van der Waals surface area (Å²) in [5, 5.41) is 0. The minimum absolute atomic E-state index is 0.207. The lowest BCUT2D eigenvalue weighted by molar-refractivity contribution is 0.0922. The van der Waals surface area contributed by atoms with Gasteiger partial charge >= 0.3 is 0 Å². The second kappa shape index (κ2) is 5.10. The van der Waals surface area contributed by atoms with Gasteiger partial charge in [0.2, 0.25) is 0 Å². The molecule has 16 heavy (non-hydrogen) atoms. The van der Waals surface area contributed by atoms with Crippen LogP contribution in [0, 0.1) is 5.92 Å². The highest BCUT2D eigenvalue weighted by molar-refractivity contribution is 5.98. The molecule has 0 bridgehead atoms. The molecule has 0 radical (unpaired) electrons. The standard InChI is InChI=1S/C13H17NO2/c1-2-16-12-7-11(8-14-9-12)13(15)10-5-3-4-6-10/h7-10H,2-6H2,1H3. The van der Waals surface area contributed by atoms with E-state index in [0.717, 1.165) is 12.8 Å². The van der Waals surface area contributed by atoms with Gasteiger partial charge in [0.1, 0.15) is 5.75 Å². The zero-order chi connectivity index (χ0) is 11.4. The number of Topliss-reactive ketones (excluding diaryl/α,β-unsaturated/α-hetero) is 1. The lowest BCUT2D eigenvalue weighted by Gasteiger charge is -2.08. The zero-order valence-corrected chi connectivity index (χ0v) is 9.61. The molecule has 2 rings (SSSR count). The van der Waals surface area contributed by atoms with E-state index in [9.17, 15) is 4.79 Å². The fraction of sp³-hybridized carbons (Fsp3) is 0.538. The summed E-state index contributed by atoms with van der Waals surface area (Å²) >= 11 is 0. The van der Waals surface area contributed by atoms with Gasteiger partial charge in [-0.25, -0.2) is 0 Å². The molecule has 0 N–H and O–H groups in total. The van der Waals surface area contributed by atoms with Crippen molar-refractivity contribution in [1.82, 2.24) is 4.98 Å². The monoisotopic (exact) mass is 219 g/mol. The van der Waals surface area contributed by atoms with Crippen molar-refractivity contribution in [2.75, 3.05) is 6.61 Å². The van der Waals surface area contributed by atoms with Crippen molar-refractivity contribution in [2.45, 2.75) is 32.6 Å². The van der Waals surface area contributed by atoms with Gasteiger partial charge in [-0.15, -0.1) is 0 Å². The van der Waals surface area contributed by atoms with Gasteiger partial charge in [0.05, 0.1) is 12.8 Å². The van der Waals surface area contributed by atoms with Gasteiger partial charge in [-0.1, -0.05) is 12.8 Å². The van der Waals surface area contributed by atoms with Crippen molar-refractivity contribution in [3.63, 3.8) is 0 Å².